The van der Waals surface area contributed by atoms with Crippen LogP contribution in [0.15, 0.2) is 0 Å². The summed E-state index contributed by atoms with van der Waals surface area (Å²) >= 11 is 0. The first-order valence-corrected chi connectivity index (χ1v) is 7.31. The van der Waals surface area contributed by atoms with Crippen LogP contribution in [0.5, 0.6) is 0 Å². The third kappa shape index (κ3) is 5.31. The number of hydrogen-bond donors (Lipinski definition) is 2. The Bertz CT molecular complexity index is 293. The minimum atomic E-state index is -3.44. The van der Waals surface area contributed by atoms with Crippen LogP contribution in [0.4, 0.5) is 0 Å². The lowest BCUT2D eigenvalue weighted by atomic mass is 10.3. The normalized spacial score (nSPS) is 12.9. The van der Waals surface area contributed by atoms with Crippen molar-refractivity contribution in [2.24, 2.45) is 5.73 Å². The summed E-state index contributed by atoms with van der Waals surface area (Å²) in [7, 11) is -1.89. The van der Waals surface area contributed by atoms with E-state index in [4.69, 9.17) is 10.8 Å². The Labute approximate surface area is 105 Å². The second-order valence-electron chi connectivity index (χ2n) is 4.25. The molecule has 0 saturated heterocycles. The fraction of sp³-hybridized carbons (Fsp3) is 1.00. The van der Waals surface area contributed by atoms with Crippen LogP contribution >= 0.6 is 0 Å². The Kier molecular flexibility index (Phi) is 7.89. The minimum Gasteiger partial charge on any atom is -0.396 e. The van der Waals surface area contributed by atoms with Gasteiger partial charge in [-0.05, 0) is 33.2 Å². The molecule has 0 fully saturated rings. The Balaban J connectivity index is 4.70. The largest absolute Gasteiger partial charge is 0.396 e. The molecule has 0 rings (SSSR count). The molecular formula is C10H25N3O3S. The van der Waals surface area contributed by atoms with Crippen LogP contribution in [-0.4, -0.2) is 61.5 Å². The van der Waals surface area contributed by atoms with Gasteiger partial charge in [0.05, 0.1) is 0 Å². The first-order valence-electron chi connectivity index (χ1n) is 5.92. The average molecular weight is 267 g/mol. The van der Waals surface area contributed by atoms with Gasteiger partial charge in [-0.1, -0.05) is 0 Å². The van der Waals surface area contributed by atoms with E-state index in [0.29, 0.717) is 32.5 Å². The molecule has 0 spiro atoms. The summed E-state index contributed by atoms with van der Waals surface area (Å²) < 4.78 is 27.1. The predicted octanol–water partition coefficient (Wildman–Crippen LogP) is -0.395. The zero-order chi connectivity index (χ0) is 13.5. The third-order valence-corrected chi connectivity index (χ3v) is 4.65. The minimum absolute atomic E-state index is 0.00868. The van der Waals surface area contributed by atoms with Gasteiger partial charge in [0.1, 0.15) is 0 Å². The molecule has 0 saturated carbocycles. The van der Waals surface area contributed by atoms with E-state index in [0.717, 1.165) is 0 Å². The second-order valence-corrected chi connectivity index (χ2v) is 6.24. The standard InChI is InChI=1S/C10H25N3O3S/c1-10(2)13(8-5-9-14)17(15,16)12(3)7-4-6-11/h10,14H,4-9,11H2,1-3H3. The van der Waals surface area contributed by atoms with Gasteiger partial charge in [0.2, 0.25) is 0 Å². The van der Waals surface area contributed by atoms with Gasteiger partial charge in [-0.2, -0.15) is 17.0 Å². The highest BCUT2D eigenvalue weighted by Crippen LogP contribution is 2.11. The highest BCUT2D eigenvalue weighted by molar-refractivity contribution is 7.86. The number of aliphatic hydroxyl groups is 1. The quantitative estimate of drug-likeness (QED) is 0.595. The molecule has 0 heterocycles. The topological polar surface area (TPSA) is 86.9 Å². The van der Waals surface area contributed by atoms with E-state index >= 15 is 0 Å². The van der Waals surface area contributed by atoms with Gasteiger partial charge in [0.15, 0.2) is 0 Å². The van der Waals surface area contributed by atoms with Crippen LogP contribution in [0.3, 0.4) is 0 Å². The second kappa shape index (κ2) is 7.99. The number of nitrogens with zero attached hydrogens (tertiary/aromatic N) is 2. The van der Waals surface area contributed by atoms with Crippen LogP contribution in [0.25, 0.3) is 0 Å². The van der Waals surface area contributed by atoms with Crippen molar-refractivity contribution in [2.45, 2.75) is 32.7 Å². The highest BCUT2D eigenvalue weighted by Gasteiger charge is 2.28. The van der Waals surface area contributed by atoms with Crippen molar-refractivity contribution < 1.29 is 13.5 Å². The molecule has 0 atom stereocenters. The van der Waals surface area contributed by atoms with Crippen molar-refractivity contribution in [3.8, 4) is 0 Å². The van der Waals surface area contributed by atoms with E-state index in [-0.39, 0.29) is 12.6 Å². The highest BCUT2D eigenvalue weighted by atomic mass is 32.2. The molecule has 17 heavy (non-hydrogen) atoms. The van der Waals surface area contributed by atoms with Crippen molar-refractivity contribution >= 4 is 10.2 Å². The molecular weight excluding hydrogens is 242 g/mol. The van der Waals surface area contributed by atoms with Gasteiger partial charge in [-0.15, -0.1) is 0 Å². The van der Waals surface area contributed by atoms with E-state index < -0.39 is 10.2 Å². The van der Waals surface area contributed by atoms with Gasteiger partial charge < -0.3 is 10.8 Å². The zero-order valence-corrected chi connectivity index (χ0v) is 11.8. The van der Waals surface area contributed by atoms with Crippen molar-refractivity contribution in [1.82, 2.24) is 8.61 Å². The van der Waals surface area contributed by atoms with Gasteiger partial charge >= 0.3 is 0 Å². The first-order chi connectivity index (χ1) is 7.87. The number of hydrogen-bond acceptors (Lipinski definition) is 4. The number of nitrogens with two attached hydrogens (primary N) is 1. The number of aliphatic hydroxyl groups excluding tert-OH is 1. The van der Waals surface area contributed by atoms with Crippen LogP contribution in [0.2, 0.25) is 0 Å². The Hall–Kier alpha value is -0.210. The van der Waals surface area contributed by atoms with Crippen LogP contribution in [0, 0.1) is 0 Å². The maximum atomic E-state index is 12.2. The Morgan fingerprint density at radius 3 is 2.24 bits per heavy atom. The van der Waals surface area contributed by atoms with Crippen molar-refractivity contribution in [2.75, 3.05) is 33.3 Å². The summed E-state index contributed by atoms with van der Waals surface area (Å²) in [6.07, 6.45) is 1.09. The maximum Gasteiger partial charge on any atom is 0.281 e. The summed E-state index contributed by atoms with van der Waals surface area (Å²) in [6, 6.07) is -0.119. The summed E-state index contributed by atoms with van der Waals surface area (Å²) in [5.74, 6) is 0. The van der Waals surface area contributed by atoms with Gasteiger partial charge in [0, 0.05) is 32.8 Å². The van der Waals surface area contributed by atoms with E-state index in [9.17, 15) is 8.42 Å². The van der Waals surface area contributed by atoms with Crippen LogP contribution in [0.1, 0.15) is 26.7 Å². The molecule has 0 aliphatic heterocycles. The molecule has 0 radical (unpaired) electrons. The summed E-state index contributed by atoms with van der Waals surface area (Å²) in [5, 5.41) is 8.79. The SMILES string of the molecule is CC(C)N(CCCO)S(=O)(=O)N(C)CCCN. The third-order valence-electron chi connectivity index (χ3n) is 2.48. The molecule has 6 nitrogen and oxygen atoms in total. The van der Waals surface area contributed by atoms with Crippen molar-refractivity contribution in [3.05, 3.63) is 0 Å². The van der Waals surface area contributed by atoms with Crippen molar-refractivity contribution in [3.63, 3.8) is 0 Å². The molecule has 0 unspecified atom stereocenters. The maximum absolute atomic E-state index is 12.2. The molecule has 104 valence electrons. The Morgan fingerprint density at radius 2 is 1.82 bits per heavy atom. The van der Waals surface area contributed by atoms with Gasteiger partial charge in [-0.3, -0.25) is 0 Å². The van der Waals surface area contributed by atoms with E-state index in [1.165, 1.54) is 8.61 Å². The summed E-state index contributed by atoms with van der Waals surface area (Å²) in [4.78, 5) is 0. The average Bonchev–Trinajstić information content (AvgIpc) is 2.25. The molecule has 0 aliphatic carbocycles. The van der Waals surface area contributed by atoms with E-state index in [2.05, 4.69) is 0 Å². The van der Waals surface area contributed by atoms with Crippen molar-refractivity contribution in [1.29, 1.82) is 0 Å². The number of rotatable bonds is 9. The molecule has 0 aliphatic rings. The fourth-order valence-electron chi connectivity index (χ4n) is 1.47. The molecule has 0 aromatic heterocycles. The summed E-state index contributed by atoms with van der Waals surface area (Å²) in [5.41, 5.74) is 5.37. The molecule has 0 bridgehead atoms. The molecule has 7 heteroatoms. The molecule has 0 amide bonds. The van der Waals surface area contributed by atoms with Crippen LogP contribution in [-0.2, 0) is 10.2 Å². The monoisotopic (exact) mass is 267 g/mol. The molecule has 0 aromatic carbocycles. The zero-order valence-electron chi connectivity index (χ0n) is 11.0. The lowest BCUT2D eigenvalue weighted by Crippen LogP contribution is -2.46. The molecule has 3 N–H and O–H groups in total. The fourth-order valence-corrected chi connectivity index (χ4v) is 3.09. The molecule has 0 aromatic rings. The Morgan fingerprint density at radius 1 is 1.24 bits per heavy atom. The lowest BCUT2D eigenvalue weighted by molar-refractivity contribution is 0.251. The van der Waals surface area contributed by atoms with Gasteiger partial charge in [-0.25, -0.2) is 0 Å². The van der Waals surface area contributed by atoms with E-state index in [1.54, 1.807) is 7.05 Å². The summed E-state index contributed by atoms with van der Waals surface area (Å²) in [6.45, 7) is 4.87. The lowest BCUT2D eigenvalue weighted by Gasteiger charge is -2.30. The predicted molar refractivity (Wildman–Crippen MR) is 68.8 cm³/mol. The van der Waals surface area contributed by atoms with E-state index in [1.807, 2.05) is 13.8 Å². The smallest absolute Gasteiger partial charge is 0.281 e. The van der Waals surface area contributed by atoms with Gasteiger partial charge in [0.25, 0.3) is 10.2 Å². The first kappa shape index (κ1) is 16.8. The van der Waals surface area contributed by atoms with Crippen LogP contribution < -0.4 is 5.73 Å².